The summed E-state index contributed by atoms with van der Waals surface area (Å²) < 4.78 is 11.4. The van der Waals surface area contributed by atoms with Gasteiger partial charge in [-0.25, -0.2) is 9.78 Å². The topological polar surface area (TPSA) is 54.9 Å². The van der Waals surface area contributed by atoms with E-state index >= 15 is 0 Å². The number of hydrogen-bond acceptors (Lipinski definition) is 5. The van der Waals surface area contributed by atoms with E-state index in [1.165, 1.54) is 24.0 Å². The van der Waals surface area contributed by atoms with Crippen LogP contribution in [-0.4, -0.2) is 53.9 Å². The van der Waals surface area contributed by atoms with Crippen molar-refractivity contribution >= 4 is 11.9 Å². The van der Waals surface area contributed by atoms with Crippen LogP contribution in [0.5, 0.6) is 0 Å². The van der Waals surface area contributed by atoms with E-state index < -0.39 is 5.60 Å². The molecule has 1 aliphatic carbocycles. The highest BCUT2D eigenvalue weighted by atomic mass is 16.6. The van der Waals surface area contributed by atoms with E-state index in [4.69, 9.17) is 14.5 Å². The zero-order chi connectivity index (χ0) is 20.2. The van der Waals surface area contributed by atoms with Crippen LogP contribution in [-0.2, 0) is 15.9 Å². The quantitative estimate of drug-likeness (QED) is 0.788. The van der Waals surface area contributed by atoms with E-state index in [0.717, 1.165) is 17.9 Å². The monoisotopic (exact) mass is 387 g/mol. The van der Waals surface area contributed by atoms with Gasteiger partial charge in [-0.1, -0.05) is 6.07 Å². The van der Waals surface area contributed by atoms with Crippen molar-refractivity contribution in [3.05, 3.63) is 22.9 Å². The van der Waals surface area contributed by atoms with E-state index in [9.17, 15) is 4.79 Å². The molecule has 154 valence electrons. The number of aryl methyl sites for hydroxylation is 1. The Morgan fingerprint density at radius 1 is 1.29 bits per heavy atom. The Kier molecular flexibility index (Phi) is 4.81. The van der Waals surface area contributed by atoms with Gasteiger partial charge in [0.2, 0.25) is 0 Å². The molecule has 6 nitrogen and oxygen atoms in total. The first-order valence-corrected chi connectivity index (χ1v) is 10.5. The number of piperazine rings is 1. The predicted molar refractivity (Wildman–Crippen MR) is 109 cm³/mol. The van der Waals surface area contributed by atoms with Gasteiger partial charge in [-0.05, 0) is 70.9 Å². The Morgan fingerprint density at radius 2 is 2.00 bits per heavy atom. The lowest BCUT2D eigenvalue weighted by Crippen LogP contribution is -2.58. The van der Waals surface area contributed by atoms with E-state index in [0.29, 0.717) is 19.0 Å². The molecule has 3 heterocycles. The zero-order valence-electron chi connectivity index (χ0n) is 18.0. The third-order valence-electron chi connectivity index (χ3n) is 6.02. The first-order valence-electron chi connectivity index (χ1n) is 10.5. The number of aromatic nitrogens is 1. The van der Waals surface area contributed by atoms with Gasteiger partial charge in [-0.15, -0.1) is 0 Å². The highest BCUT2D eigenvalue weighted by Gasteiger charge is 2.43. The lowest BCUT2D eigenvalue weighted by Gasteiger charge is -2.43. The number of nitrogens with zero attached hydrogens (tertiary/aromatic N) is 3. The fourth-order valence-corrected chi connectivity index (χ4v) is 4.72. The molecular formula is C22H33N3O3. The number of pyridine rings is 1. The molecule has 3 atom stereocenters. The van der Waals surface area contributed by atoms with Crippen molar-refractivity contribution in [2.75, 3.05) is 25.1 Å². The van der Waals surface area contributed by atoms with Crippen molar-refractivity contribution in [1.82, 2.24) is 9.88 Å². The molecule has 1 saturated carbocycles. The number of rotatable bonds is 3. The maximum absolute atomic E-state index is 12.6. The van der Waals surface area contributed by atoms with Gasteiger partial charge in [0, 0.05) is 26.2 Å². The molecule has 28 heavy (non-hydrogen) atoms. The average Bonchev–Trinajstić information content (AvgIpc) is 3.35. The molecule has 1 aromatic heterocycles. The van der Waals surface area contributed by atoms with Crippen LogP contribution in [0.3, 0.4) is 0 Å². The summed E-state index contributed by atoms with van der Waals surface area (Å²) in [6.45, 7) is 11.4. The van der Waals surface area contributed by atoms with Gasteiger partial charge >= 0.3 is 6.09 Å². The number of carbonyl (C=O) groups excluding carboxylic acids is 1. The molecule has 1 saturated heterocycles. The normalized spacial score (nSPS) is 25.4. The molecule has 6 heteroatoms. The molecule has 0 radical (unpaired) electrons. The summed E-state index contributed by atoms with van der Waals surface area (Å²) in [4.78, 5) is 22.0. The Hall–Kier alpha value is -1.82. The Labute approximate surface area is 168 Å². The Balaban J connectivity index is 1.57. The van der Waals surface area contributed by atoms with Gasteiger partial charge in [-0.2, -0.15) is 0 Å². The van der Waals surface area contributed by atoms with Gasteiger partial charge in [0.05, 0.1) is 11.7 Å². The minimum Gasteiger partial charge on any atom is -0.444 e. The second kappa shape index (κ2) is 6.90. The van der Waals surface area contributed by atoms with Crippen LogP contribution in [0.4, 0.5) is 10.6 Å². The van der Waals surface area contributed by atoms with Crippen molar-refractivity contribution in [3.8, 4) is 0 Å². The number of anilines is 1. The van der Waals surface area contributed by atoms with Crippen LogP contribution >= 0.6 is 0 Å². The maximum atomic E-state index is 12.6. The van der Waals surface area contributed by atoms with Crippen molar-refractivity contribution in [1.29, 1.82) is 0 Å². The molecule has 0 spiro atoms. The third kappa shape index (κ3) is 3.59. The summed E-state index contributed by atoms with van der Waals surface area (Å²) >= 11 is 0. The molecule has 1 amide bonds. The average molecular weight is 388 g/mol. The van der Waals surface area contributed by atoms with Crippen molar-refractivity contribution in [2.45, 2.75) is 77.7 Å². The molecule has 1 unspecified atom stereocenters. The number of amides is 1. The number of carbonyl (C=O) groups is 1. The van der Waals surface area contributed by atoms with Crippen LogP contribution in [0.2, 0.25) is 0 Å². The molecule has 2 aliphatic heterocycles. The summed E-state index contributed by atoms with van der Waals surface area (Å²) in [6, 6.07) is 2.75. The first-order chi connectivity index (χ1) is 13.2. The summed E-state index contributed by atoms with van der Waals surface area (Å²) in [7, 11) is 1.79. The highest BCUT2D eigenvalue weighted by molar-refractivity contribution is 5.69. The fourth-order valence-electron chi connectivity index (χ4n) is 4.72. The van der Waals surface area contributed by atoms with Crippen LogP contribution in [0.1, 0.15) is 63.5 Å². The number of ether oxygens (including phenoxy) is 2. The Bertz CT molecular complexity index is 769. The molecular weight excluding hydrogens is 354 g/mol. The largest absolute Gasteiger partial charge is 0.444 e. The van der Waals surface area contributed by atoms with Crippen LogP contribution in [0, 0.1) is 12.8 Å². The van der Waals surface area contributed by atoms with Crippen LogP contribution in [0.15, 0.2) is 6.07 Å². The van der Waals surface area contributed by atoms with Gasteiger partial charge in [-0.3, -0.25) is 0 Å². The Morgan fingerprint density at radius 3 is 2.61 bits per heavy atom. The molecule has 0 N–H and O–H groups in total. The SMILES string of the molecule is COC(c1nc2c(cc1C)C[C@@H]1CN(C(=O)OC(C)(C)C)C[C@@H](C)N21)C1CC1. The van der Waals surface area contributed by atoms with E-state index in [1.807, 2.05) is 25.7 Å². The lowest BCUT2D eigenvalue weighted by molar-refractivity contribution is 0.0191. The van der Waals surface area contributed by atoms with E-state index in [1.54, 1.807) is 7.11 Å². The molecule has 3 aliphatic rings. The highest BCUT2D eigenvalue weighted by Crippen LogP contribution is 2.45. The number of fused-ring (bicyclic) bond motifs is 3. The predicted octanol–water partition coefficient (Wildman–Crippen LogP) is 3.86. The summed E-state index contributed by atoms with van der Waals surface area (Å²) in [5, 5.41) is 0. The van der Waals surface area contributed by atoms with E-state index in [2.05, 4.69) is 24.8 Å². The second-order valence-corrected chi connectivity index (χ2v) is 9.67. The minimum atomic E-state index is -0.471. The summed E-state index contributed by atoms with van der Waals surface area (Å²) in [5.74, 6) is 1.69. The summed E-state index contributed by atoms with van der Waals surface area (Å²) in [5.41, 5.74) is 3.12. The third-order valence-corrected chi connectivity index (χ3v) is 6.02. The van der Waals surface area contributed by atoms with Crippen molar-refractivity contribution < 1.29 is 14.3 Å². The van der Waals surface area contributed by atoms with Crippen LogP contribution < -0.4 is 4.90 Å². The minimum absolute atomic E-state index is 0.0997. The van der Waals surface area contributed by atoms with Gasteiger partial charge in [0.15, 0.2) is 0 Å². The molecule has 1 aromatic rings. The molecule has 0 bridgehead atoms. The molecule has 4 rings (SSSR count). The molecule has 0 aromatic carbocycles. The first kappa shape index (κ1) is 19.5. The van der Waals surface area contributed by atoms with Gasteiger partial charge in [0.1, 0.15) is 17.5 Å². The second-order valence-electron chi connectivity index (χ2n) is 9.67. The van der Waals surface area contributed by atoms with E-state index in [-0.39, 0.29) is 24.3 Å². The number of hydrogen-bond donors (Lipinski definition) is 0. The summed E-state index contributed by atoms with van der Waals surface area (Å²) in [6.07, 6.45) is 3.26. The lowest BCUT2D eigenvalue weighted by atomic mass is 10.0. The smallest absolute Gasteiger partial charge is 0.410 e. The zero-order valence-corrected chi connectivity index (χ0v) is 18.0. The number of methoxy groups -OCH3 is 1. The van der Waals surface area contributed by atoms with Crippen molar-refractivity contribution in [3.63, 3.8) is 0 Å². The van der Waals surface area contributed by atoms with Gasteiger partial charge < -0.3 is 19.3 Å². The fraction of sp³-hybridized carbons (Fsp3) is 0.727. The standard InChI is InChI=1S/C22H33N3O3/c1-13-9-16-10-17-12-24(21(26)28-22(3,4)5)11-14(2)25(17)20(16)23-18(13)19(27-6)15-7-8-15/h9,14-15,17,19H,7-8,10-12H2,1-6H3/t14-,17-,19?/m1/s1. The maximum Gasteiger partial charge on any atom is 0.410 e. The molecule has 2 fully saturated rings. The van der Waals surface area contributed by atoms with Crippen LogP contribution in [0.25, 0.3) is 0 Å². The van der Waals surface area contributed by atoms with Gasteiger partial charge in [0.25, 0.3) is 0 Å². The van der Waals surface area contributed by atoms with Crippen molar-refractivity contribution in [2.24, 2.45) is 5.92 Å².